The summed E-state index contributed by atoms with van der Waals surface area (Å²) in [6.45, 7) is 7.31. The molecule has 1 rings (SSSR count). The maximum Gasteiger partial charge on any atom is 0.323 e. The van der Waals surface area contributed by atoms with Crippen LogP contribution in [-0.2, 0) is 4.79 Å². The third-order valence-corrected chi connectivity index (χ3v) is 4.03. The number of carboxylic acids is 1. The molecule has 4 nitrogen and oxygen atoms in total. The van der Waals surface area contributed by atoms with Crippen LogP contribution in [0.25, 0.3) is 0 Å². The predicted molar refractivity (Wildman–Crippen MR) is 70.1 cm³/mol. The van der Waals surface area contributed by atoms with E-state index in [2.05, 4.69) is 11.0 Å². The zero-order chi connectivity index (χ0) is 13.8. The van der Waals surface area contributed by atoms with Crippen LogP contribution in [0.15, 0.2) is 0 Å². The number of nitrogens with zero attached hydrogens (tertiary/aromatic N) is 2. The first kappa shape index (κ1) is 15.0. The largest absolute Gasteiger partial charge is 0.480 e. The Morgan fingerprint density at radius 1 is 1.50 bits per heavy atom. The minimum atomic E-state index is -0.721. The van der Waals surface area contributed by atoms with Gasteiger partial charge in [-0.25, -0.2) is 0 Å². The molecule has 4 heteroatoms. The van der Waals surface area contributed by atoms with Crippen LogP contribution in [0.3, 0.4) is 0 Å². The minimum Gasteiger partial charge on any atom is -0.480 e. The molecule has 0 aromatic rings. The molecule has 0 aromatic heterocycles. The van der Waals surface area contributed by atoms with Gasteiger partial charge in [-0.05, 0) is 66.0 Å². The van der Waals surface area contributed by atoms with Crippen LogP contribution in [0.2, 0.25) is 0 Å². The molecule has 18 heavy (non-hydrogen) atoms. The third-order valence-electron chi connectivity index (χ3n) is 4.03. The van der Waals surface area contributed by atoms with Gasteiger partial charge in [-0.3, -0.25) is 9.69 Å². The molecule has 0 radical (unpaired) electrons. The van der Waals surface area contributed by atoms with Gasteiger partial charge in [-0.2, -0.15) is 5.26 Å². The van der Waals surface area contributed by atoms with Gasteiger partial charge in [0.25, 0.3) is 0 Å². The summed E-state index contributed by atoms with van der Waals surface area (Å²) in [4.78, 5) is 13.5. The lowest BCUT2D eigenvalue weighted by Crippen LogP contribution is -2.55. The van der Waals surface area contributed by atoms with Crippen LogP contribution in [0.4, 0.5) is 0 Å². The van der Waals surface area contributed by atoms with Crippen LogP contribution >= 0.6 is 0 Å². The minimum absolute atomic E-state index is 0.310. The van der Waals surface area contributed by atoms with Gasteiger partial charge in [0.05, 0.1) is 11.5 Å². The van der Waals surface area contributed by atoms with Crippen molar-refractivity contribution in [2.75, 3.05) is 13.1 Å². The van der Waals surface area contributed by atoms with Crippen LogP contribution in [0, 0.1) is 16.7 Å². The van der Waals surface area contributed by atoms with Crippen LogP contribution in [-0.4, -0.2) is 34.6 Å². The standard InChI is InChI=1S/C14H24N2O2/c1-13(2,11-15)7-6-10-16-9-5-4-8-14(16,3)12(17)18/h4-10H2,1-3H3,(H,17,18). The molecule has 1 heterocycles. The molecule has 1 fully saturated rings. The molecule has 0 bridgehead atoms. The normalized spacial score (nSPS) is 25.7. The monoisotopic (exact) mass is 252 g/mol. The van der Waals surface area contributed by atoms with Crippen molar-refractivity contribution in [3.63, 3.8) is 0 Å². The fourth-order valence-electron chi connectivity index (χ4n) is 2.55. The lowest BCUT2D eigenvalue weighted by molar-refractivity contribution is -0.153. The molecular formula is C14H24N2O2. The smallest absolute Gasteiger partial charge is 0.323 e. The molecule has 0 aromatic carbocycles. The lowest BCUT2D eigenvalue weighted by atomic mass is 9.86. The van der Waals surface area contributed by atoms with E-state index in [0.29, 0.717) is 0 Å². The SMILES string of the molecule is CC(C)(C#N)CCCN1CCCCC1(C)C(=O)O. The topological polar surface area (TPSA) is 64.3 Å². The molecule has 1 atom stereocenters. The summed E-state index contributed by atoms with van der Waals surface area (Å²) in [7, 11) is 0. The van der Waals surface area contributed by atoms with E-state index in [9.17, 15) is 9.90 Å². The molecule has 1 unspecified atom stereocenters. The summed E-state index contributed by atoms with van der Waals surface area (Å²) in [6.07, 6.45) is 4.48. The molecule has 1 aliphatic heterocycles. The van der Waals surface area contributed by atoms with Crippen molar-refractivity contribution in [3.8, 4) is 6.07 Å². The highest BCUT2D eigenvalue weighted by atomic mass is 16.4. The van der Waals surface area contributed by atoms with Gasteiger partial charge < -0.3 is 5.11 Å². The highest BCUT2D eigenvalue weighted by Crippen LogP contribution is 2.29. The number of hydrogen-bond donors (Lipinski definition) is 1. The fraction of sp³-hybridized carbons (Fsp3) is 0.857. The maximum atomic E-state index is 11.4. The van der Waals surface area contributed by atoms with Crippen LogP contribution in [0.5, 0.6) is 0 Å². The molecule has 0 aliphatic carbocycles. The molecule has 0 amide bonds. The molecule has 1 aliphatic rings. The Morgan fingerprint density at radius 2 is 2.17 bits per heavy atom. The summed E-state index contributed by atoms with van der Waals surface area (Å²) in [5.41, 5.74) is -1.02. The van der Waals surface area contributed by atoms with E-state index in [0.717, 1.165) is 45.2 Å². The average molecular weight is 252 g/mol. The highest BCUT2D eigenvalue weighted by molar-refractivity contribution is 5.78. The lowest BCUT2D eigenvalue weighted by Gasteiger charge is -2.41. The summed E-state index contributed by atoms with van der Waals surface area (Å²) < 4.78 is 0. The van der Waals surface area contributed by atoms with Crippen molar-refractivity contribution < 1.29 is 9.90 Å². The average Bonchev–Trinajstić information content (AvgIpc) is 2.31. The van der Waals surface area contributed by atoms with Gasteiger partial charge in [0.1, 0.15) is 5.54 Å². The number of aliphatic carboxylic acids is 1. The number of hydrogen-bond acceptors (Lipinski definition) is 3. The molecule has 1 saturated heterocycles. The van der Waals surface area contributed by atoms with Crippen molar-refractivity contribution in [1.29, 1.82) is 5.26 Å². The second-order valence-corrected chi connectivity index (χ2v) is 6.12. The zero-order valence-electron chi connectivity index (χ0n) is 11.7. The summed E-state index contributed by atoms with van der Waals surface area (Å²) in [6, 6.07) is 2.29. The second kappa shape index (κ2) is 5.71. The Kier molecular flexibility index (Phi) is 4.75. The van der Waals surface area contributed by atoms with Gasteiger partial charge in [-0.15, -0.1) is 0 Å². The maximum absolute atomic E-state index is 11.4. The first-order valence-corrected chi connectivity index (χ1v) is 6.71. The van der Waals surface area contributed by atoms with Gasteiger partial charge in [0, 0.05) is 0 Å². The summed E-state index contributed by atoms with van der Waals surface area (Å²) >= 11 is 0. The number of carbonyl (C=O) groups is 1. The zero-order valence-corrected chi connectivity index (χ0v) is 11.7. The van der Waals surface area contributed by atoms with E-state index in [1.54, 1.807) is 0 Å². The number of nitriles is 1. The predicted octanol–water partition coefficient (Wildman–Crippen LogP) is 2.65. The van der Waals surface area contributed by atoms with E-state index in [4.69, 9.17) is 5.26 Å². The van der Waals surface area contributed by atoms with Crippen molar-refractivity contribution in [3.05, 3.63) is 0 Å². The Morgan fingerprint density at radius 3 is 2.72 bits per heavy atom. The Bertz CT molecular complexity index is 346. The summed E-state index contributed by atoms with van der Waals surface area (Å²) in [5, 5.41) is 18.3. The quantitative estimate of drug-likeness (QED) is 0.817. The van der Waals surface area contributed by atoms with Gasteiger partial charge in [0.15, 0.2) is 0 Å². The number of rotatable bonds is 5. The molecule has 1 N–H and O–H groups in total. The van der Waals surface area contributed by atoms with Crippen molar-refractivity contribution >= 4 is 5.97 Å². The molecule has 102 valence electrons. The second-order valence-electron chi connectivity index (χ2n) is 6.12. The van der Waals surface area contributed by atoms with Crippen molar-refractivity contribution in [2.24, 2.45) is 5.41 Å². The van der Waals surface area contributed by atoms with Crippen molar-refractivity contribution in [2.45, 2.75) is 58.4 Å². The number of piperidine rings is 1. The fourth-order valence-corrected chi connectivity index (χ4v) is 2.55. The Hall–Kier alpha value is -1.08. The molecule has 0 saturated carbocycles. The van der Waals surface area contributed by atoms with E-state index >= 15 is 0 Å². The van der Waals surface area contributed by atoms with Crippen LogP contribution < -0.4 is 0 Å². The molecule has 0 spiro atoms. The third kappa shape index (κ3) is 3.46. The van der Waals surface area contributed by atoms with Crippen LogP contribution in [0.1, 0.15) is 52.9 Å². The Balaban J connectivity index is 2.54. The van der Waals surface area contributed by atoms with E-state index in [1.165, 1.54) is 0 Å². The van der Waals surface area contributed by atoms with Gasteiger partial charge in [-0.1, -0.05) is 0 Å². The van der Waals surface area contributed by atoms with Gasteiger partial charge >= 0.3 is 5.97 Å². The van der Waals surface area contributed by atoms with E-state index in [-0.39, 0.29) is 5.41 Å². The molecular weight excluding hydrogens is 228 g/mol. The van der Waals surface area contributed by atoms with E-state index in [1.807, 2.05) is 20.8 Å². The Labute approximate surface area is 110 Å². The highest BCUT2D eigenvalue weighted by Gasteiger charge is 2.40. The number of carboxylic acid groups (broad SMARTS) is 1. The first-order valence-electron chi connectivity index (χ1n) is 6.71. The summed E-state index contributed by atoms with van der Waals surface area (Å²) in [5.74, 6) is -0.721. The van der Waals surface area contributed by atoms with E-state index < -0.39 is 11.5 Å². The number of likely N-dealkylation sites (tertiary alicyclic amines) is 1. The van der Waals surface area contributed by atoms with Gasteiger partial charge in [0.2, 0.25) is 0 Å². The first-order chi connectivity index (χ1) is 8.32. The van der Waals surface area contributed by atoms with Crippen molar-refractivity contribution in [1.82, 2.24) is 4.90 Å².